The lowest BCUT2D eigenvalue weighted by Crippen LogP contribution is -2.44. The molecular weight excluding hydrogens is 180 g/mol. The van der Waals surface area contributed by atoms with Crippen molar-refractivity contribution >= 4 is 5.97 Å². The Hall–Kier alpha value is -0.690. The summed E-state index contributed by atoms with van der Waals surface area (Å²) in [4.78, 5) is 10.7. The first kappa shape index (κ1) is 12.3. The number of aliphatic hydroxyl groups is 2. The summed E-state index contributed by atoms with van der Waals surface area (Å²) in [7, 11) is 3.66. The molecule has 0 aliphatic heterocycles. The van der Waals surface area contributed by atoms with Crippen molar-refractivity contribution in [2.75, 3.05) is 21.3 Å². The third-order valence-corrected chi connectivity index (χ3v) is 1.51. The Bertz CT molecular complexity index is 155. The molecule has 0 aliphatic rings. The Morgan fingerprint density at radius 3 is 1.92 bits per heavy atom. The van der Waals surface area contributed by atoms with Crippen LogP contribution in [0.15, 0.2) is 0 Å². The van der Waals surface area contributed by atoms with Gasteiger partial charge in [-0.15, -0.1) is 0 Å². The van der Waals surface area contributed by atoms with E-state index >= 15 is 0 Å². The van der Waals surface area contributed by atoms with Crippen molar-refractivity contribution in [3.8, 4) is 0 Å². The highest BCUT2D eigenvalue weighted by Crippen LogP contribution is 2.05. The number of hydrogen-bond acceptors (Lipinski definition) is 6. The first-order valence-electron chi connectivity index (χ1n) is 3.58. The van der Waals surface area contributed by atoms with Crippen molar-refractivity contribution in [1.82, 2.24) is 0 Å². The molecular formula is C7H14O6. The van der Waals surface area contributed by atoms with E-state index in [0.29, 0.717) is 0 Å². The fourth-order valence-corrected chi connectivity index (χ4v) is 0.784. The molecule has 0 saturated carbocycles. The molecule has 78 valence electrons. The highest BCUT2D eigenvalue weighted by Gasteiger charge is 2.32. The summed E-state index contributed by atoms with van der Waals surface area (Å²) in [6, 6.07) is 0. The van der Waals surface area contributed by atoms with E-state index in [4.69, 9.17) is 5.11 Å². The minimum atomic E-state index is -1.67. The molecule has 0 fully saturated rings. The Morgan fingerprint density at radius 2 is 1.62 bits per heavy atom. The second-order valence-corrected chi connectivity index (χ2v) is 2.30. The zero-order valence-electron chi connectivity index (χ0n) is 7.76. The van der Waals surface area contributed by atoms with Gasteiger partial charge in [0.2, 0.25) is 0 Å². The van der Waals surface area contributed by atoms with Crippen LogP contribution in [-0.4, -0.2) is 56.0 Å². The topological polar surface area (TPSA) is 85.2 Å². The quantitative estimate of drug-likeness (QED) is 0.409. The van der Waals surface area contributed by atoms with Gasteiger partial charge in [0.25, 0.3) is 0 Å². The van der Waals surface area contributed by atoms with Gasteiger partial charge in [-0.25, -0.2) is 4.79 Å². The van der Waals surface area contributed by atoms with Crippen molar-refractivity contribution in [3.63, 3.8) is 0 Å². The summed E-state index contributed by atoms with van der Waals surface area (Å²) in [5, 5.41) is 18.4. The normalized spacial score (nSPS) is 15.5. The second kappa shape index (κ2) is 5.87. The van der Waals surface area contributed by atoms with Gasteiger partial charge in [-0.05, 0) is 0 Å². The summed E-state index contributed by atoms with van der Waals surface area (Å²) in [6.07, 6.45) is -4.20. The number of hydrogen-bond donors (Lipinski definition) is 2. The number of carbonyl (C=O) groups excluding carboxylic acids is 1. The molecule has 0 radical (unpaired) electrons. The number of ether oxygens (including phenoxy) is 3. The lowest BCUT2D eigenvalue weighted by molar-refractivity contribution is -0.200. The van der Waals surface area contributed by atoms with Crippen LogP contribution in [0.3, 0.4) is 0 Å². The summed E-state index contributed by atoms with van der Waals surface area (Å²) >= 11 is 0. The second-order valence-electron chi connectivity index (χ2n) is 2.30. The van der Waals surface area contributed by atoms with Gasteiger partial charge in [-0.3, -0.25) is 0 Å². The summed E-state index contributed by atoms with van der Waals surface area (Å²) < 4.78 is 13.5. The van der Waals surface area contributed by atoms with Crippen molar-refractivity contribution in [1.29, 1.82) is 0 Å². The minimum absolute atomic E-state index is 0.938. The predicted octanol–water partition coefficient (Wildman–Crippen LogP) is -1.50. The minimum Gasteiger partial charge on any atom is -0.467 e. The van der Waals surface area contributed by atoms with Gasteiger partial charge < -0.3 is 24.4 Å². The number of esters is 1. The van der Waals surface area contributed by atoms with E-state index in [1.54, 1.807) is 0 Å². The standard InChI is InChI=1S/C7H14O6/c1-11-6(10)4(8)5(9)7(12-2)13-3/h4-5,7-9H,1-3H3/t4-,5+/m0/s1. The van der Waals surface area contributed by atoms with Gasteiger partial charge in [0.05, 0.1) is 7.11 Å². The first-order valence-corrected chi connectivity index (χ1v) is 3.58. The van der Waals surface area contributed by atoms with E-state index in [1.807, 2.05) is 0 Å². The number of methoxy groups -OCH3 is 3. The van der Waals surface area contributed by atoms with Crippen LogP contribution in [0.2, 0.25) is 0 Å². The average molecular weight is 194 g/mol. The first-order chi connectivity index (χ1) is 6.08. The van der Waals surface area contributed by atoms with E-state index in [1.165, 1.54) is 14.2 Å². The zero-order valence-corrected chi connectivity index (χ0v) is 7.76. The number of aliphatic hydroxyl groups excluding tert-OH is 2. The van der Waals surface area contributed by atoms with E-state index < -0.39 is 24.5 Å². The van der Waals surface area contributed by atoms with Crippen LogP contribution in [0.25, 0.3) is 0 Å². The lowest BCUT2D eigenvalue weighted by Gasteiger charge is -2.22. The molecule has 6 nitrogen and oxygen atoms in total. The fourth-order valence-electron chi connectivity index (χ4n) is 0.784. The van der Waals surface area contributed by atoms with Gasteiger partial charge in [-0.1, -0.05) is 0 Å². The molecule has 0 aromatic carbocycles. The maximum absolute atomic E-state index is 10.7. The molecule has 0 rings (SSSR count). The van der Waals surface area contributed by atoms with E-state index in [2.05, 4.69) is 14.2 Å². The third-order valence-electron chi connectivity index (χ3n) is 1.51. The molecule has 6 heteroatoms. The van der Waals surface area contributed by atoms with E-state index in [9.17, 15) is 9.90 Å². The highest BCUT2D eigenvalue weighted by atomic mass is 16.7. The molecule has 13 heavy (non-hydrogen) atoms. The maximum atomic E-state index is 10.7. The molecule has 0 bridgehead atoms. The van der Waals surface area contributed by atoms with Gasteiger partial charge in [0.15, 0.2) is 12.4 Å². The van der Waals surface area contributed by atoms with Gasteiger partial charge in [0.1, 0.15) is 6.10 Å². The molecule has 0 spiro atoms. The highest BCUT2D eigenvalue weighted by molar-refractivity contribution is 5.74. The van der Waals surface area contributed by atoms with Crippen LogP contribution in [-0.2, 0) is 19.0 Å². The molecule has 0 unspecified atom stereocenters. The van der Waals surface area contributed by atoms with Crippen molar-refractivity contribution in [2.45, 2.75) is 18.5 Å². The molecule has 0 aromatic rings. The monoisotopic (exact) mass is 194 g/mol. The molecule has 0 saturated heterocycles. The van der Waals surface area contributed by atoms with Gasteiger partial charge >= 0.3 is 5.97 Å². The average Bonchev–Trinajstić information content (AvgIpc) is 2.17. The molecule has 2 N–H and O–H groups in total. The van der Waals surface area contributed by atoms with Crippen LogP contribution < -0.4 is 0 Å². The smallest absolute Gasteiger partial charge is 0.337 e. The fraction of sp³-hybridized carbons (Fsp3) is 0.857. The van der Waals surface area contributed by atoms with Crippen molar-refractivity contribution in [3.05, 3.63) is 0 Å². The molecule has 0 aromatic heterocycles. The molecule has 0 heterocycles. The summed E-state index contributed by atoms with van der Waals surface area (Å²) in [5.41, 5.74) is 0. The van der Waals surface area contributed by atoms with E-state index in [0.717, 1.165) is 7.11 Å². The Labute approximate surface area is 76.0 Å². The zero-order chi connectivity index (χ0) is 10.4. The van der Waals surface area contributed by atoms with Crippen molar-refractivity contribution < 1.29 is 29.2 Å². The van der Waals surface area contributed by atoms with Crippen molar-refractivity contribution in [2.24, 2.45) is 0 Å². The largest absolute Gasteiger partial charge is 0.467 e. The molecule has 2 atom stereocenters. The van der Waals surface area contributed by atoms with Crippen LogP contribution >= 0.6 is 0 Å². The Kier molecular flexibility index (Phi) is 5.56. The van der Waals surface area contributed by atoms with Crippen LogP contribution in [0.1, 0.15) is 0 Å². The van der Waals surface area contributed by atoms with Crippen LogP contribution in [0, 0.1) is 0 Å². The van der Waals surface area contributed by atoms with Gasteiger partial charge in [0, 0.05) is 14.2 Å². The Morgan fingerprint density at radius 1 is 1.15 bits per heavy atom. The Balaban J connectivity index is 4.21. The van der Waals surface area contributed by atoms with Crippen LogP contribution in [0.4, 0.5) is 0 Å². The maximum Gasteiger partial charge on any atom is 0.337 e. The summed E-state index contributed by atoms with van der Waals surface area (Å²) in [6.45, 7) is 0. The van der Waals surface area contributed by atoms with Gasteiger partial charge in [-0.2, -0.15) is 0 Å². The lowest BCUT2D eigenvalue weighted by atomic mass is 10.2. The molecule has 0 aliphatic carbocycles. The number of rotatable bonds is 5. The third kappa shape index (κ3) is 3.27. The SMILES string of the molecule is COC(=O)[C@@H](O)[C@@H](O)C(OC)OC. The van der Waals surface area contributed by atoms with E-state index in [-0.39, 0.29) is 0 Å². The summed E-state index contributed by atoms with van der Waals surface area (Å²) in [5.74, 6) is -0.938. The molecule has 0 amide bonds. The van der Waals surface area contributed by atoms with Crippen LogP contribution in [0.5, 0.6) is 0 Å². The predicted molar refractivity (Wildman–Crippen MR) is 41.8 cm³/mol. The number of carbonyl (C=O) groups is 1.